The zero-order valence-electron chi connectivity index (χ0n) is 16.6. The van der Waals surface area contributed by atoms with Crippen LogP contribution in [-0.4, -0.2) is 60.7 Å². The summed E-state index contributed by atoms with van der Waals surface area (Å²) in [5.41, 5.74) is 2.19. The fourth-order valence-corrected chi connectivity index (χ4v) is 4.75. The van der Waals surface area contributed by atoms with Crippen molar-refractivity contribution in [3.63, 3.8) is 0 Å². The maximum absolute atomic E-state index is 13.6. The van der Waals surface area contributed by atoms with Crippen molar-refractivity contribution in [2.75, 3.05) is 6.61 Å². The van der Waals surface area contributed by atoms with Gasteiger partial charge in [-0.25, -0.2) is 4.98 Å². The second-order valence-corrected chi connectivity index (χ2v) is 7.93. The Hall–Kier alpha value is -3.26. The number of benzene rings is 1. The lowest BCUT2D eigenvalue weighted by molar-refractivity contribution is 0.0148. The van der Waals surface area contributed by atoms with Crippen LogP contribution in [0.15, 0.2) is 55.0 Å². The summed E-state index contributed by atoms with van der Waals surface area (Å²) in [6.45, 7) is 1.91. The Bertz CT molecular complexity index is 1040. The van der Waals surface area contributed by atoms with Gasteiger partial charge in [-0.1, -0.05) is 18.2 Å². The third kappa shape index (κ3) is 3.13. The molecule has 1 N–H and O–H groups in total. The molecule has 1 aliphatic heterocycles. The second-order valence-electron chi connectivity index (χ2n) is 7.93. The highest BCUT2D eigenvalue weighted by atomic mass is 16.5. The number of aryl methyl sites for hydroxylation is 1. The highest BCUT2D eigenvalue weighted by Gasteiger charge is 2.54. The molecule has 4 atom stereocenters. The van der Waals surface area contributed by atoms with Crippen molar-refractivity contribution < 1.29 is 14.6 Å². The molecule has 4 unspecified atom stereocenters. The van der Waals surface area contributed by atoms with Crippen LogP contribution in [0.25, 0.3) is 5.69 Å². The molecule has 5 rings (SSSR count). The Morgan fingerprint density at radius 3 is 2.70 bits per heavy atom. The van der Waals surface area contributed by atoms with Crippen molar-refractivity contribution in [3.8, 4) is 11.6 Å². The first kappa shape index (κ1) is 18.7. The maximum Gasteiger partial charge on any atom is 0.256 e. The standard InChI is InChI=1S/C22H23N5O3/c1-14-6-7-21(23-12-14)30-20-11-15-10-18(20)26(19(15)13-28)22(29)16-4-2-3-5-17(16)27-24-8-9-25-27/h2-9,12,15,18-20,28H,10-11,13H2,1H3. The number of nitrogens with zero attached hydrogens (tertiary/aromatic N) is 5. The van der Waals surface area contributed by atoms with Gasteiger partial charge in [0.05, 0.1) is 42.3 Å². The summed E-state index contributed by atoms with van der Waals surface area (Å²) in [6.07, 6.45) is 6.40. The van der Waals surface area contributed by atoms with E-state index in [1.807, 2.05) is 37.3 Å². The molecule has 2 aliphatic rings. The van der Waals surface area contributed by atoms with Gasteiger partial charge < -0.3 is 14.7 Å². The first-order chi connectivity index (χ1) is 14.7. The molecule has 3 aromatic rings. The van der Waals surface area contributed by atoms with Crippen LogP contribution >= 0.6 is 0 Å². The molecular weight excluding hydrogens is 382 g/mol. The van der Waals surface area contributed by atoms with Crippen molar-refractivity contribution in [1.82, 2.24) is 24.9 Å². The first-order valence-corrected chi connectivity index (χ1v) is 10.1. The van der Waals surface area contributed by atoms with Crippen LogP contribution in [0.2, 0.25) is 0 Å². The predicted octanol–water partition coefficient (Wildman–Crippen LogP) is 2.01. The average Bonchev–Trinajstić information content (AvgIpc) is 3.51. The van der Waals surface area contributed by atoms with E-state index in [0.717, 1.165) is 18.4 Å². The van der Waals surface area contributed by atoms with Crippen molar-refractivity contribution >= 4 is 5.91 Å². The average molecular weight is 405 g/mol. The van der Waals surface area contributed by atoms with Gasteiger partial charge in [-0.15, -0.1) is 0 Å². The van der Waals surface area contributed by atoms with E-state index >= 15 is 0 Å². The van der Waals surface area contributed by atoms with Crippen molar-refractivity contribution in [1.29, 1.82) is 0 Å². The quantitative estimate of drug-likeness (QED) is 0.698. The molecule has 2 bridgehead atoms. The maximum atomic E-state index is 13.6. The smallest absolute Gasteiger partial charge is 0.256 e. The van der Waals surface area contributed by atoms with Gasteiger partial charge in [0.25, 0.3) is 5.91 Å². The Kier molecular flexibility index (Phi) is 4.71. The molecule has 1 saturated heterocycles. The molecule has 0 spiro atoms. The summed E-state index contributed by atoms with van der Waals surface area (Å²) >= 11 is 0. The van der Waals surface area contributed by atoms with Crippen LogP contribution in [-0.2, 0) is 0 Å². The summed E-state index contributed by atoms with van der Waals surface area (Å²) in [7, 11) is 0. The molecule has 154 valence electrons. The highest BCUT2D eigenvalue weighted by Crippen LogP contribution is 2.44. The van der Waals surface area contributed by atoms with Gasteiger partial charge in [-0.3, -0.25) is 4.79 Å². The number of carbonyl (C=O) groups is 1. The predicted molar refractivity (Wildman–Crippen MR) is 108 cm³/mol. The number of carbonyl (C=O) groups excluding carboxylic acids is 1. The topological polar surface area (TPSA) is 93.4 Å². The van der Waals surface area contributed by atoms with Crippen LogP contribution in [0.4, 0.5) is 0 Å². The number of fused-ring (bicyclic) bond motifs is 2. The Labute approximate surface area is 174 Å². The molecule has 0 radical (unpaired) electrons. The Morgan fingerprint density at radius 1 is 1.17 bits per heavy atom. The van der Waals surface area contributed by atoms with Crippen molar-refractivity contribution in [2.24, 2.45) is 5.92 Å². The summed E-state index contributed by atoms with van der Waals surface area (Å²) in [5.74, 6) is 0.626. The normalized spacial score (nSPS) is 24.9. The number of pyridine rings is 1. The van der Waals surface area contributed by atoms with Crippen LogP contribution < -0.4 is 4.74 Å². The zero-order chi connectivity index (χ0) is 20.7. The number of ether oxygens (including phenoxy) is 1. The summed E-state index contributed by atoms with van der Waals surface area (Å²) in [6, 6.07) is 10.8. The van der Waals surface area contributed by atoms with Crippen LogP contribution in [0.1, 0.15) is 28.8 Å². The summed E-state index contributed by atoms with van der Waals surface area (Å²) in [5, 5.41) is 18.4. The number of hydrogen-bond acceptors (Lipinski definition) is 6. The minimum absolute atomic E-state index is 0.0649. The third-order valence-corrected chi connectivity index (χ3v) is 6.11. The van der Waals surface area contributed by atoms with Gasteiger partial charge in [-0.05, 0) is 43.4 Å². The number of rotatable bonds is 5. The molecule has 1 aromatic carbocycles. The van der Waals surface area contributed by atoms with Crippen LogP contribution in [0.3, 0.4) is 0 Å². The van der Waals surface area contributed by atoms with E-state index in [9.17, 15) is 9.90 Å². The lowest BCUT2D eigenvalue weighted by atomic mass is 9.97. The molecule has 8 nitrogen and oxygen atoms in total. The summed E-state index contributed by atoms with van der Waals surface area (Å²) in [4.78, 5) is 21.2. The highest BCUT2D eigenvalue weighted by molar-refractivity contribution is 5.98. The van der Waals surface area contributed by atoms with E-state index in [1.54, 1.807) is 29.6 Å². The number of hydrogen-bond donors (Lipinski definition) is 1. The van der Waals surface area contributed by atoms with E-state index in [1.165, 1.54) is 4.80 Å². The second kappa shape index (κ2) is 7.53. The molecular formula is C22H23N5O3. The monoisotopic (exact) mass is 405 g/mol. The molecule has 3 heterocycles. The van der Waals surface area contributed by atoms with Gasteiger partial charge >= 0.3 is 0 Å². The molecule has 1 amide bonds. The fourth-order valence-electron chi connectivity index (χ4n) is 4.75. The number of piperidine rings is 1. The van der Waals surface area contributed by atoms with E-state index in [-0.39, 0.29) is 36.6 Å². The Morgan fingerprint density at radius 2 is 1.97 bits per heavy atom. The molecule has 30 heavy (non-hydrogen) atoms. The number of aromatic nitrogens is 4. The molecule has 2 aromatic heterocycles. The fraction of sp³-hybridized carbons (Fsp3) is 0.364. The molecule has 8 heteroatoms. The van der Waals surface area contributed by atoms with E-state index in [4.69, 9.17) is 4.74 Å². The minimum Gasteiger partial charge on any atom is -0.472 e. The van der Waals surface area contributed by atoms with Gasteiger partial charge in [0.1, 0.15) is 6.10 Å². The number of para-hydroxylation sites is 1. The van der Waals surface area contributed by atoms with E-state index < -0.39 is 0 Å². The van der Waals surface area contributed by atoms with Gasteiger partial charge in [0.2, 0.25) is 5.88 Å². The van der Waals surface area contributed by atoms with Crippen molar-refractivity contribution in [3.05, 3.63) is 66.1 Å². The van der Waals surface area contributed by atoms with Gasteiger partial charge in [0, 0.05) is 12.3 Å². The third-order valence-electron chi connectivity index (χ3n) is 6.11. The number of likely N-dealkylation sites (tertiary alicyclic amines) is 1. The largest absolute Gasteiger partial charge is 0.472 e. The lowest BCUT2D eigenvalue weighted by Crippen LogP contribution is -2.53. The van der Waals surface area contributed by atoms with Gasteiger partial charge in [-0.2, -0.15) is 15.0 Å². The Balaban J connectivity index is 1.44. The number of aliphatic hydroxyl groups excluding tert-OH is 1. The molecule has 1 saturated carbocycles. The SMILES string of the molecule is Cc1ccc(OC2CC3CC2N(C(=O)c2ccccc2-n2nccn2)C3CO)nc1. The molecule has 1 aliphatic carbocycles. The zero-order valence-corrected chi connectivity index (χ0v) is 16.6. The van der Waals surface area contributed by atoms with E-state index in [2.05, 4.69) is 15.2 Å². The summed E-state index contributed by atoms with van der Waals surface area (Å²) < 4.78 is 6.16. The molecule has 2 fully saturated rings. The van der Waals surface area contributed by atoms with Crippen molar-refractivity contribution in [2.45, 2.75) is 38.0 Å². The van der Waals surface area contributed by atoms with Crippen LogP contribution in [0, 0.1) is 12.8 Å². The van der Waals surface area contributed by atoms with Crippen LogP contribution in [0.5, 0.6) is 5.88 Å². The number of aliphatic hydroxyl groups is 1. The number of amides is 1. The minimum atomic E-state index is -0.216. The lowest BCUT2D eigenvalue weighted by Gasteiger charge is -2.38. The van der Waals surface area contributed by atoms with Gasteiger partial charge in [0.15, 0.2) is 0 Å². The first-order valence-electron chi connectivity index (χ1n) is 10.1. The van der Waals surface area contributed by atoms with E-state index in [0.29, 0.717) is 17.1 Å².